The van der Waals surface area contributed by atoms with Gasteiger partial charge in [-0.1, -0.05) is 40.5 Å². The Hall–Kier alpha value is -1.10. The van der Waals surface area contributed by atoms with Crippen LogP contribution in [0.3, 0.4) is 0 Å². The van der Waals surface area contributed by atoms with E-state index in [1.807, 2.05) is 0 Å². The van der Waals surface area contributed by atoms with E-state index in [1.54, 1.807) is 7.11 Å². The number of cyclic esters (lactones) is 1. The fraction of sp³-hybridized carbons (Fsp3) is 0.933. The number of hydrogen-bond acceptors (Lipinski definition) is 5. The number of ether oxygens (including phenoxy) is 3. The molecule has 5 heteroatoms. The van der Waals surface area contributed by atoms with Crippen molar-refractivity contribution in [3.63, 3.8) is 0 Å². The third-order valence-corrected chi connectivity index (χ3v) is 12.0. The van der Waals surface area contributed by atoms with E-state index in [9.17, 15) is 9.59 Å². The summed E-state index contributed by atoms with van der Waals surface area (Å²) in [5.41, 5.74) is -0.576. The van der Waals surface area contributed by atoms with Gasteiger partial charge in [-0.05, 0) is 88.4 Å². The molecule has 2 heterocycles. The Kier molecular flexibility index (Phi) is 5.98. The molecule has 0 spiro atoms. The van der Waals surface area contributed by atoms with Gasteiger partial charge in [0, 0.05) is 17.8 Å². The molecule has 2 saturated heterocycles. The van der Waals surface area contributed by atoms with Crippen molar-refractivity contribution in [3.05, 3.63) is 0 Å². The molecule has 0 amide bonds. The molecular weight excluding hydrogens is 440 g/mol. The quantitative estimate of drug-likeness (QED) is 0.317. The molecule has 5 aliphatic rings. The van der Waals surface area contributed by atoms with Gasteiger partial charge in [0.15, 0.2) is 0 Å². The van der Waals surface area contributed by atoms with E-state index in [1.165, 1.54) is 0 Å². The topological polar surface area (TPSA) is 65.1 Å². The van der Waals surface area contributed by atoms with Crippen LogP contribution in [0, 0.1) is 40.4 Å². The molecule has 35 heavy (non-hydrogen) atoms. The van der Waals surface area contributed by atoms with Crippen LogP contribution in [0.25, 0.3) is 0 Å². The van der Waals surface area contributed by atoms with Gasteiger partial charge >= 0.3 is 11.9 Å². The molecule has 3 aliphatic carbocycles. The predicted octanol–water partition coefficient (Wildman–Crippen LogP) is 6.47. The maximum absolute atomic E-state index is 13.1. The molecule has 0 N–H and O–H groups in total. The molecule has 5 rings (SSSR count). The lowest BCUT2D eigenvalue weighted by atomic mass is 9.43. The number of rotatable bonds is 6. The zero-order valence-corrected chi connectivity index (χ0v) is 23.2. The SMILES string of the molecule is COC(=O)C(CCCC(C)C)C1CCC2(C)C1(C)CCC13OC12CCC1C3CCC(=O)OC1(C)C. The minimum absolute atomic E-state index is 0.0137. The number of esters is 2. The summed E-state index contributed by atoms with van der Waals surface area (Å²) >= 11 is 0. The molecule has 2 aliphatic heterocycles. The molecular formula is C30H48O5. The second kappa shape index (κ2) is 8.20. The largest absolute Gasteiger partial charge is 0.469 e. The highest BCUT2D eigenvalue weighted by atomic mass is 16.6. The number of fused-ring (bicyclic) bond motifs is 2. The fourth-order valence-electron chi connectivity index (χ4n) is 10.1. The standard InChI is InChI=1S/C30H48O5/c1-19(2)9-8-10-20(25(32)33-7)21-13-15-28(6)27(21,5)17-18-29-23-11-12-24(31)34-26(3,4)22(23)14-16-30(28,29)35-29/h19-23H,8-18H2,1-7H3. The summed E-state index contributed by atoms with van der Waals surface area (Å²) in [7, 11) is 1.56. The van der Waals surface area contributed by atoms with Gasteiger partial charge in [-0.25, -0.2) is 0 Å². The van der Waals surface area contributed by atoms with Crippen LogP contribution in [-0.2, 0) is 23.8 Å². The minimum atomic E-state index is -0.433. The Morgan fingerprint density at radius 3 is 2.43 bits per heavy atom. The Labute approximate surface area is 212 Å². The van der Waals surface area contributed by atoms with E-state index < -0.39 is 5.60 Å². The van der Waals surface area contributed by atoms with Crippen LogP contribution >= 0.6 is 0 Å². The second-order valence-corrected chi connectivity index (χ2v) is 14.0. The van der Waals surface area contributed by atoms with Crippen molar-refractivity contribution in [2.24, 2.45) is 40.4 Å². The zero-order chi connectivity index (χ0) is 25.4. The number of epoxide rings is 1. The van der Waals surface area contributed by atoms with Crippen molar-refractivity contribution in [1.82, 2.24) is 0 Å². The van der Waals surface area contributed by atoms with Crippen molar-refractivity contribution in [3.8, 4) is 0 Å². The molecule has 0 aromatic rings. The molecule has 0 aromatic heterocycles. The van der Waals surface area contributed by atoms with Crippen molar-refractivity contribution in [2.75, 3.05) is 7.11 Å². The normalized spacial score (nSPS) is 46.4. The Morgan fingerprint density at radius 2 is 1.74 bits per heavy atom. The van der Waals surface area contributed by atoms with Crippen molar-refractivity contribution in [2.45, 2.75) is 129 Å². The first-order valence-electron chi connectivity index (χ1n) is 14.4. The maximum atomic E-state index is 13.1. The van der Waals surface area contributed by atoms with E-state index in [0.29, 0.717) is 30.1 Å². The van der Waals surface area contributed by atoms with Crippen LogP contribution in [0.4, 0.5) is 0 Å². The van der Waals surface area contributed by atoms with Crippen molar-refractivity contribution in [1.29, 1.82) is 0 Å². The molecule has 3 saturated carbocycles. The number of hydrogen-bond donors (Lipinski definition) is 0. The molecule has 0 bridgehead atoms. The van der Waals surface area contributed by atoms with Gasteiger partial charge in [-0.3, -0.25) is 9.59 Å². The summed E-state index contributed by atoms with van der Waals surface area (Å²) in [5, 5.41) is 0. The van der Waals surface area contributed by atoms with Crippen molar-refractivity contribution < 1.29 is 23.8 Å². The first kappa shape index (κ1) is 25.5. The van der Waals surface area contributed by atoms with Gasteiger partial charge in [0.25, 0.3) is 0 Å². The zero-order valence-electron chi connectivity index (χ0n) is 23.2. The van der Waals surface area contributed by atoms with E-state index >= 15 is 0 Å². The van der Waals surface area contributed by atoms with Gasteiger partial charge in [0.2, 0.25) is 0 Å². The highest BCUT2D eigenvalue weighted by molar-refractivity contribution is 5.73. The molecule has 0 radical (unpaired) electrons. The minimum Gasteiger partial charge on any atom is -0.469 e. The average Bonchev–Trinajstić information content (AvgIpc) is 3.44. The van der Waals surface area contributed by atoms with E-state index in [-0.39, 0.29) is 39.9 Å². The average molecular weight is 489 g/mol. The number of carbonyl (C=O) groups is 2. The van der Waals surface area contributed by atoms with E-state index in [2.05, 4.69) is 41.5 Å². The lowest BCUT2D eigenvalue weighted by Gasteiger charge is -2.57. The Bertz CT molecular complexity index is 880. The van der Waals surface area contributed by atoms with Gasteiger partial charge in [-0.2, -0.15) is 0 Å². The summed E-state index contributed by atoms with van der Waals surface area (Å²) in [6, 6.07) is 0. The molecule has 198 valence electrons. The Balaban J connectivity index is 1.45. The number of methoxy groups -OCH3 is 1. The molecule has 0 aromatic carbocycles. The first-order valence-corrected chi connectivity index (χ1v) is 14.4. The van der Waals surface area contributed by atoms with Crippen molar-refractivity contribution >= 4 is 11.9 Å². The third kappa shape index (κ3) is 3.35. The van der Waals surface area contributed by atoms with Gasteiger partial charge in [0.1, 0.15) is 16.8 Å². The van der Waals surface area contributed by atoms with Crippen LogP contribution in [0.15, 0.2) is 0 Å². The van der Waals surface area contributed by atoms with Crippen LogP contribution in [0.5, 0.6) is 0 Å². The lowest BCUT2D eigenvalue weighted by molar-refractivity contribution is -0.163. The number of carbonyl (C=O) groups excluding carboxylic acids is 2. The van der Waals surface area contributed by atoms with E-state index in [0.717, 1.165) is 64.2 Å². The van der Waals surface area contributed by atoms with Gasteiger partial charge in [0.05, 0.1) is 13.0 Å². The van der Waals surface area contributed by atoms with E-state index in [4.69, 9.17) is 14.2 Å². The fourth-order valence-corrected chi connectivity index (χ4v) is 10.1. The summed E-state index contributed by atoms with van der Waals surface area (Å²) in [6.07, 6.45) is 11.0. The Morgan fingerprint density at radius 1 is 1.00 bits per heavy atom. The molecule has 8 unspecified atom stereocenters. The molecule has 8 atom stereocenters. The summed E-state index contributed by atoms with van der Waals surface area (Å²) < 4.78 is 18.4. The summed E-state index contributed by atoms with van der Waals surface area (Å²) in [6.45, 7) is 13.7. The lowest BCUT2D eigenvalue weighted by Crippen LogP contribution is -2.61. The first-order chi connectivity index (χ1) is 16.4. The third-order valence-electron chi connectivity index (χ3n) is 12.0. The highest BCUT2D eigenvalue weighted by Crippen LogP contribution is 2.83. The van der Waals surface area contributed by atoms with Gasteiger partial charge in [-0.15, -0.1) is 0 Å². The summed E-state index contributed by atoms with van der Waals surface area (Å²) in [4.78, 5) is 25.5. The molecule has 5 fully saturated rings. The summed E-state index contributed by atoms with van der Waals surface area (Å²) in [5.74, 6) is 1.64. The smallest absolute Gasteiger partial charge is 0.308 e. The van der Waals surface area contributed by atoms with Gasteiger partial charge < -0.3 is 14.2 Å². The maximum Gasteiger partial charge on any atom is 0.308 e. The van der Waals surface area contributed by atoms with Crippen LogP contribution in [-0.4, -0.2) is 35.9 Å². The predicted molar refractivity (Wildman–Crippen MR) is 135 cm³/mol. The van der Waals surface area contributed by atoms with Crippen LogP contribution < -0.4 is 0 Å². The monoisotopic (exact) mass is 488 g/mol. The second-order valence-electron chi connectivity index (χ2n) is 14.0. The van der Waals surface area contributed by atoms with Crippen LogP contribution in [0.1, 0.15) is 112 Å². The molecule has 5 nitrogen and oxygen atoms in total. The highest BCUT2D eigenvalue weighted by Gasteiger charge is 2.87. The van der Waals surface area contributed by atoms with Crippen LogP contribution in [0.2, 0.25) is 0 Å².